The molecule has 0 heterocycles. The molecule has 0 aromatic heterocycles. The fraction of sp³-hybridized carbons (Fsp3) is 0.667. The van der Waals surface area contributed by atoms with Gasteiger partial charge in [-0.05, 0) is 27.2 Å². The molecule has 92 valence electrons. The molecule has 4 nitrogen and oxygen atoms in total. The van der Waals surface area contributed by atoms with E-state index >= 15 is 0 Å². The molecule has 0 aliphatic carbocycles. The van der Waals surface area contributed by atoms with Crippen molar-refractivity contribution in [2.45, 2.75) is 46.1 Å². The van der Waals surface area contributed by atoms with Gasteiger partial charge in [0.1, 0.15) is 5.60 Å². The Morgan fingerprint density at radius 1 is 1.12 bits per heavy atom. The van der Waals surface area contributed by atoms with Crippen LogP contribution in [0.4, 0.5) is 0 Å². The zero-order valence-corrected chi connectivity index (χ0v) is 10.4. The normalized spacial score (nSPS) is 11.5. The van der Waals surface area contributed by atoms with Crippen LogP contribution in [0.25, 0.3) is 0 Å². The second-order valence-corrected chi connectivity index (χ2v) is 4.39. The average Bonchev–Trinajstić information content (AvgIpc) is 2.12. The molecule has 0 saturated carbocycles. The van der Waals surface area contributed by atoms with Crippen molar-refractivity contribution in [2.24, 2.45) is 0 Å². The minimum Gasteiger partial charge on any atom is -0.463 e. The summed E-state index contributed by atoms with van der Waals surface area (Å²) in [6, 6.07) is 0. The Hall–Kier alpha value is -1.32. The smallest absolute Gasteiger partial charge is 0.331 e. The topological polar surface area (TPSA) is 52.6 Å². The summed E-state index contributed by atoms with van der Waals surface area (Å²) in [6.07, 6.45) is 3.96. The second-order valence-electron chi connectivity index (χ2n) is 4.39. The van der Waals surface area contributed by atoms with E-state index in [2.05, 4.69) is 0 Å². The molecule has 0 aliphatic rings. The molecule has 0 unspecified atom stereocenters. The number of hydrogen-bond acceptors (Lipinski definition) is 4. The van der Waals surface area contributed by atoms with Crippen molar-refractivity contribution in [1.29, 1.82) is 0 Å². The third-order valence-electron chi connectivity index (χ3n) is 1.50. The number of unbranched alkanes of at least 4 members (excludes halogenated alkanes) is 1. The molecule has 0 bridgehead atoms. The van der Waals surface area contributed by atoms with Gasteiger partial charge in [-0.3, -0.25) is 0 Å². The first-order valence-electron chi connectivity index (χ1n) is 5.43. The van der Waals surface area contributed by atoms with Gasteiger partial charge in [-0.2, -0.15) is 0 Å². The van der Waals surface area contributed by atoms with Crippen molar-refractivity contribution < 1.29 is 19.1 Å². The Morgan fingerprint density at radius 2 is 1.69 bits per heavy atom. The van der Waals surface area contributed by atoms with E-state index < -0.39 is 17.5 Å². The highest BCUT2D eigenvalue weighted by molar-refractivity contribution is 5.91. The predicted octanol–water partition coefficient (Wildman–Crippen LogP) is 2.23. The molecular formula is C12H20O4. The maximum absolute atomic E-state index is 11.2. The lowest BCUT2D eigenvalue weighted by Crippen LogP contribution is -2.22. The molecule has 0 fully saturated rings. The summed E-state index contributed by atoms with van der Waals surface area (Å²) in [5, 5.41) is 0. The maximum atomic E-state index is 11.2. The van der Waals surface area contributed by atoms with Gasteiger partial charge >= 0.3 is 11.9 Å². The minimum absolute atomic E-state index is 0.383. The predicted molar refractivity (Wildman–Crippen MR) is 60.9 cm³/mol. The lowest BCUT2D eigenvalue weighted by molar-refractivity contribution is -0.149. The zero-order chi connectivity index (χ0) is 12.6. The molecule has 0 spiro atoms. The molecular weight excluding hydrogens is 208 g/mol. The highest BCUT2D eigenvalue weighted by atomic mass is 16.6. The van der Waals surface area contributed by atoms with Crippen molar-refractivity contribution in [2.75, 3.05) is 6.61 Å². The van der Waals surface area contributed by atoms with Crippen LogP contribution in [-0.2, 0) is 19.1 Å². The van der Waals surface area contributed by atoms with Crippen LogP contribution in [0.1, 0.15) is 40.5 Å². The van der Waals surface area contributed by atoms with E-state index in [4.69, 9.17) is 9.47 Å². The fourth-order valence-corrected chi connectivity index (χ4v) is 0.837. The largest absolute Gasteiger partial charge is 0.463 e. The van der Waals surface area contributed by atoms with Crippen molar-refractivity contribution in [3.63, 3.8) is 0 Å². The first-order chi connectivity index (χ1) is 7.35. The van der Waals surface area contributed by atoms with Crippen molar-refractivity contribution >= 4 is 11.9 Å². The molecule has 4 heteroatoms. The van der Waals surface area contributed by atoms with Gasteiger partial charge in [-0.15, -0.1) is 0 Å². The number of esters is 2. The Kier molecular flexibility index (Phi) is 6.46. The molecule has 0 amide bonds. The molecule has 16 heavy (non-hydrogen) atoms. The molecule has 0 aromatic carbocycles. The van der Waals surface area contributed by atoms with Gasteiger partial charge in [0, 0.05) is 12.2 Å². The molecule has 0 aromatic rings. The number of carbonyl (C=O) groups is 2. The molecule has 0 aliphatic heterocycles. The molecule has 0 rings (SSSR count). The standard InChI is InChI=1S/C12H20O4/c1-5-6-9-15-10(13)7-8-11(14)16-12(2,3)4/h7-8H,5-6,9H2,1-4H3. The summed E-state index contributed by atoms with van der Waals surface area (Å²) < 4.78 is 9.81. The van der Waals surface area contributed by atoms with Gasteiger partial charge in [-0.1, -0.05) is 13.3 Å². The summed E-state index contributed by atoms with van der Waals surface area (Å²) >= 11 is 0. The molecule has 0 N–H and O–H groups in total. The highest BCUT2D eigenvalue weighted by Gasteiger charge is 2.14. The third-order valence-corrected chi connectivity index (χ3v) is 1.50. The van der Waals surface area contributed by atoms with Crippen LogP contribution in [0.5, 0.6) is 0 Å². The van der Waals surface area contributed by atoms with E-state index in [0.717, 1.165) is 25.0 Å². The molecule has 0 saturated heterocycles. The highest BCUT2D eigenvalue weighted by Crippen LogP contribution is 2.07. The quantitative estimate of drug-likeness (QED) is 0.411. The Morgan fingerprint density at radius 3 is 2.19 bits per heavy atom. The van der Waals surface area contributed by atoms with E-state index in [1.54, 1.807) is 20.8 Å². The summed E-state index contributed by atoms with van der Waals surface area (Å²) in [7, 11) is 0. The number of rotatable bonds is 5. The van der Waals surface area contributed by atoms with E-state index in [9.17, 15) is 9.59 Å². The number of carbonyl (C=O) groups excluding carboxylic acids is 2. The van der Waals surface area contributed by atoms with Crippen LogP contribution in [0.2, 0.25) is 0 Å². The molecule has 0 radical (unpaired) electrons. The van der Waals surface area contributed by atoms with Crippen molar-refractivity contribution in [3.8, 4) is 0 Å². The number of hydrogen-bond donors (Lipinski definition) is 0. The fourth-order valence-electron chi connectivity index (χ4n) is 0.837. The first kappa shape index (κ1) is 14.7. The average molecular weight is 228 g/mol. The van der Waals surface area contributed by atoms with Crippen LogP contribution < -0.4 is 0 Å². The third kappa shape index (κ3) is 9.24. The minimum atomic E-state index is -0.548. The van der Waals surface area contributed by atoms with E-state index in [0.29, 0.717) is 6.61 Å². The Labute approximate surface area is 96.6 Å². The van der Waals surface area contributed by atoms with Gasteiger partial charge in [-0.25, -0.2) is 9.59 Å². The lowest BCUT2D eigenvalue weighted by atomic mass is 10.2. The summed E-state index contributed by atoms with van der Waals surface area (Å²) in [5.41, 5.74) is -0.548. The van der Waals surface area contributed by atoms with E-state index in [1.165, 1.54) is 0 Å². The van der Waals surface area contributed by atoms with Gasteiger partial charge in [0.05, 0.1) is 6.61 Å². The van der Waals surface area contributed by atoms with Crippen LogP contribution in [0.15, 0.2) is 12.2 Å². The Balaban J connectivity index is 3.89. The van der Waals surface area contributed by atoms with Crippen LogP contribution in [-0.4, -0.2) is 24.1 Å². The van der Waals surface area contributed by atoms with Gasteiger partial charge in [0.15, 0.2) is 0 Å². The molecule has 0 atom stereocenters. The zero-order valence-electron chi connectivity index (χ0n) is 10.4. The Bertz CT molecular complexity index is 261. The van der Waals surface area contributed by atoms with Gasteiger partial charge < -0.3 is 9.47 Å². The van der Waals surface area contributed by atoms with Gasteiger partial charge in [0.2, 0.25) is 0 Å². The second kappa shape index (κ2) is 7.04. The van der Waals surface area contributed by atoms with Crippen molar-refractivity contribution in [1.82, 2.24) is 0 Å². The lowest BCUT2D eigenvalue weighted by Gasteiger charge is -2.17. The van der Waals surface area contributed by atoms with Crippen LogP contribution >= 0.6 is 0 Å². The summed E-state index contributed by atoms with van der Waals surface area (Å²) in [6.45, 7) is 7.67. The monoisotopic (exact) mass is 228 g/mol. The van der Waals surface area contributed by atoms with E-state index in [1.807, 2.05) is 6.92 Å². The maximum Gasteiger partial charge on any atom is 0.331 e. The van der Waals surface area contributed by atoms with Crippen LogP contribution in [0, 0.1) is 0 Å². The first-order valence-corrected chi connectivity index (χ1v) is 5.43. The van der Waals surface area contributed by atoms with Gasteiger partial charge in [0.25, 0.3) is 0 Å². The summed E-state index contributed by atoms with van der Waals surface area (Å²) in [5.74, 6) is -1.06. The van der Waals surface area contributed by atoms with Crippen molar-refractivity contribution in [3.05, 3.63) is 12.2 Å². The SMILES string of the molecule is CCCCOC(=O)C=CC(=O)OC(C)(C)C. The summed E-state index contributed by atoms with van der Waals surface area (Å²) in [4.78, 5) is 22.2. The van der Waals surface area contributed by atoms with E-state index in [-0.39, 0.29) is 0 Å². The number of ether oxygens (including phenoxy) is 2. The van der Waals surface area contributed by atoms with Crippen LogP contribution in [0.3, 0.4) is 0 Å².